The molecule has 29 heavy (non-hydrogen) atoms. The first kappa shape index (κ1) is 20.2. The molecule has 2 aromatic heterocycles. The molecule has 0 bridgehead atoms. The predicted octanol–water partition coefficient (Wildman–Crippen LogP) is 4.25. The van der Waals surface area contributed by atoms with Crippen molar-refractivity contribution in [3.05, 3.63) is 50.6 Å². The summed E-state index contributed by atoms with van der Waals surface area (Å²) in [6.45, 7) is 2.18. The van der Waals surface area contributed by atoms with Crippen LogP contribution in [-0.2, 0) is 24.1 Å². The lowest BCUT2D eigenvalue weighted by molar-refractivity contribution is -0.115. The number of thiophene rings is 1. The molecule has 0 unspecified atom stereocenters. The van der Waals surface area contributed by atoms with Crippen LogP contribution in [0.15, 0.2) is 34.2 Å². The molecule has 7 heteroatoms. The number of nitrogens with zero attached hydrogens (tertiary/aromatic N) is 2. The minimum Gasteiger partial charge on any atom is -0.369 e. The Hall–Kier alpha value is -2.12. The number of fused-ring (bicyclic) bond motifs is 3. The summed E-state index contributed by atoms with van der Waals surface area (Å²) in [6.07, 6.45) is 7.57. The number of aromatic nitrogens is 2. The molecule has 2 N–H and O–H groups in total. The van der Waals surface area contributed by atoms with Crippen LogP contribution < -0.4 is 11.3 Å². The molecule has 0 radical (unpaired) electrons. The van der Waals surface area contributed by atoms with E-state index in [0.717, 1.165) is 60.8 Å². The molecule has 0 atom stereocenters. The van der Waals surface area contributed by atoms with Gasteiger partial charge in [0, 0.05) is 4.88 Å². The van der Waals surface area contributed by atoms with E-state index in [0.29, 0.717) is 5.16 Å². The van der Waals surface area contributed by atoms with E-state index in [-0.39, 0.29) is 11.3 Å². The molecule has 0 saturated heterocycles. The van der Waals surface area contributed by atoms with E-state index >= 15 is 0 Å². The number of aryl methyl sites for hydroxylation is 3. The molecule has 1 amide bonds. The van der Waals surface area contributed by atoms with Crippen molar-refractivity contribution in [2.45, 2.75) is 57.0 Å². The number of nitrogens with two attached hydrogens (primary N) is 1. The zero-order valence-electron chi connectivity index (χ0n) is 16.6. The van der Waals surface area contributed by atoms with Crippen molar-refractivity contribution < 1.29 is 4.79 Å². The summed E-state index contributed by atoms with van der Waals surface area (Å²) < 4.78 is 1.65. The Kier molecular flexibility index (Phi) is 6.06. The quantitative estimate of drug-likeness (QED) is 0.452. The second-order valence-electron chi connectivity index (χ2n) is 7.45. The molecule has 4 rings (SSSR count). The minimum absolute atomic E-state index is 0.0392. The van der Waals surface area contributed by atoms with Crippen LogP contribution >= 0.6 is 23.1 Å². The van der Waals surface area contributed by atoms with Crippen LogP contribution in [0.1, 0.15) is 48.6 Å². The largest absolute Gasteiger partial charge is 0.369 e. The number of rotatable bonds is 7. The highest BCUT2D eigenvalue weighted by molar-refractivity contribution is 7.99. The number of hydrogen-bond acceptors (Lipinski definition) is 5. The van der Waals surface area contributed by atoms with Crippen molar-refractivity contribution in [3.8, 4) is 5.69 Å². The second-order valence-corrected chi connectivity index (χ2v) is 9.48. The van der Waals surface area contributed by atoms with Crippen LogP contribution in [0.5, 0.6) is 0 Å². The highest BCUT2D eigenvalue weighted by Gasteiger charge is 2.23. The van der Waals surface area contributed by atoms with E-state index in [2.05, 4.69) is 19.1 Å². The summed E-state index contributed by atoms with van der Waals surface area (Å²) in [5.74, 6) is -0.325. The number of hydrogen-bond donors (Lipinski definition) is 1. The number of amides is 1. The van der Waals surface area contributed by atoms with Crippen molar-refractivity contribution in [2.24, 2.45) is 5.73 Å². The zero-order valence-corrected chi connectivity index (χ0v) is 18.2. The Morgan fingerprint density at radius 1 is 1.24 bits per heavy atom. The predicted molar refractivity (Wildman–Crippen MR) is 120 cm³/mol. The monoisotopic (exact) mass is 427 g/mol. The van der Waals surface area contributed by atoms with Gasteiger partial charge in [0.2, 0.25) is 5.91 Å². The highest BCUT2D eigenvalue weighted by Crippen LogP contribution is 2.35. The third-order valence-electron chi connectivity index (χ3n) is 5.32. The van der Waals surface area contributed by atoms with Gasteiger partial charge < -0.3 is 5.73 Å². The third kappa shape index (κ3) is 4.12. The van der Waals surface area contributed by atoms with E-state index in [4.69, 9.17) is 10.7 Å². The van der Waals surface area contributed by atoms with Gasteiger partial charge in [-0.2, -0.15) is 0 Å². The molecule has 0 fully saturated rings. The lowest BCUT2D eigenvalue weighted by Crippen LogP contribution is -2.23. The first-order valence-electron chi connectivity index (χ1n) is 10.2. The smallest absolute Gasteiger partial charge is 0.267 e. The molecular formula is C22H25N3O2S2. The molecule has 0 saturated carbocycles. The summed E-state index contributed by atoms with van der Waals surface area (Å²) in [6, 6.07) is 8.11. The van der Waals surface area contributed by atoms with Gasteiger partial charge in [-0.3, -0.25) is 14.2 Å². The van der Waals surface area contributed by atoms with E-state index in [1.807, 2.05) is 12.1 Å². The second kappa shape index (κ2) is 8.71. The average Bonchev–Trinajstić information content (AvgIpc) is 3.10. The Morgan fingerprint density at radius 3 is 2.72 bits per heavy atom. The van der Waals surface area contributed by atoms with Crippen molar-refractivity contribution in [2.75, 3.05) is 5.75 Å². The summed E-state index contributed by atoms with van der Waals surface area (Å²) >= 11 is 2.85. The number of unbranched alkanes of at least 4 members (excludes halogenated alkanes) is 1. The maximum absolute atomic E-state index is 13.6. The molecule has 3 aromatic rings. The van der Waals surface area contributed by atoms with Gasteiger partial charge in [0.15, 0.2) is 5.16 Å². The van der Waals surface area contributed by atoms with Crippen LogP contribution in [0.25, 0.3) is 15.9 Å². The molecule has 2 heterocycles. The molecule has 1 aromatic carbocycles. The molecule has 152 valence electrons. The van der Waals surface area contributed by atoms with Gasteiger partial charge in [-0.15, -0.1) is 11.3 Å². The van der Waals surface area contributed by atoms with E-state index in [1.165, 1.54) is 27.8 Å². The lowest BCUT2D eigenvalue weighted by atomic mass is 9.97. The first-order valence-corrected chi connectivity index (χ1v) is 12.0. The van der Waals surface area contributed by atoms with E-state index in [9.17, 15) is 9.59 Å². The fourth-order valence-electron chi connectivity index (χ4n) is 3.84. The minimum atomic E-state index is -0.420. The fraction of sp³-hybridized carbons (Fsp3) is 0.409. The fourth-order valence-corrected chi connectivity index (χ4v) is 5.89. The number of carbonyl (C=O) groups is 1. The Bertz CT molecular complexity index is 1100. The summed E-state index contributed by atoms with van der Waals surface area (Å²) in [5, 5.41) is 1.28. The van der Waals surface area contributed by atoms with Gasteiger partial charge >= 0.3 is 0 Å². The van der Waals surface area contributed by atoms with Gasteiger partial charge in [-0.25, -0.2) is 4.98 Å². The normalized spacial score (nSPS) is 13.6. The van der Waals surface area contributed by atoms with Crippen LogP contribution in [0.3, 0.4) is 0 Å². The average molecular weight is 428 g/mol. The standard InChI is InChI=1S/C22H25N3O2S2/c1-2-3-6-14-9-11-15(12-10-14)25-21(27)19-16-7-4-5-8-17(16)29-20(19)24-22(25)28-13-18(23)26/h9-12H,2-8,13H2,1H3,(H2,23,26). The number of primary amides is 1. The molecule has 1 aliphatic carbocycles. The number of thioether (sulfide) groups is 1. The Balaban J connectivity index is 1.85. The van der Waals surface area contributed by atoms with Crippen LogP contribution in [-0.4, -0.2) is 21.2 Å². The SMILES string of the molecule is CCCCc1ccc(-n2c(SCC(N)=O)nc3sc4c(c3c2=O)CCCC4)cc1. The highest BCUT2D eigenvalue weighted by atomic mass is 32.2. The van der Waals surface area contributed by atoms with Gasteiger partial charge in [-0.05, 0) is 61.8 Å². The third-order valence-corrected chi connectivity index (χ3v) is 7.46. The molecule has 1 aliphatic rings. The Morgan fingerprint density at radius 2 is 2.00 bits per heavy atom. The maximum Gasteiger partial charge on any atom is 0.267 e. The molecule has 5 nitrogen and oxygen atoms in total. The van der Waals surface area contributed by atoms with Crippen molar-refractivity contribution in [1.29, 1.82) is 0 Å². The van der Waals surface area contributed by atoms with Crippen LogP contribution in [0.4, 0.5) is 0 Å². The number of benzene rings is 1. The van der Waals surface area contributed by atoms with Gasteiger partial charge in [0.25, 0.3) is 5.56 Å². The van der Waals surface area contributed by atoms with Crippen LogP contribution in [0, 0.1) is 0 Å². The molecular weight excluding hydrogens is 402 g/mol. The van der Waals surface area contributed by atoms with E-state index < -0.39 is 5.91 Å². The zero-order chi connectivity index (χ0) is 20.4. The van der Waals surface area contributed by atoms with Crippen molar-refractivity contribution >= 4 is 39.2 Å². The maximum atomic E-state index is 13.6. The molecule has 0 aliphatic heterocycles. The molecule has 0 spiro atoms. The Labute approximate surface area is 178 Å². The van der Waals surface area contributed by atoms with Crippen LogP contribution in [0.2, 0.25) is 0 Å². The first-order chi connectivity index (χ1) is 14.1. The van der Waals surface area contributed by atoms with E-state index in [1.54, 1.807) is 15.9 Å². The summed E-state index contributed by atoms with van der Waals surface area (Å²) in [5.41, 5.74) is 8.53. The van der Waals surface area contributed by atoms with Crippen molar-refractivity contribution in [3.63, 3.8) is 0 Å². The number of carbonyl (C=O) groups excluding carboxylic acids is 1. The summed E-state index contributed by atoms with van der Waals surface area (Å²) in [4.78, 5) is 31.8. The topological polar surface area (TPSA) is 78.0 Å². The van der Waals surface area contributed by atoms with Gasteiger partial charge in [0.05, 0.1) is 16.8 Å². The summed E-state index contributed by atoms with van der Waals surface area (Å²) in [7, 11) is 0. The van der Waals surface area contributed by atoms with Crippen molar-refractivity contribution in [1.82, 2.24) is 9.55 Å². The van der Waals surface area contributed by atoms with Gasteiger partial charge in [0.1, 0.15) is 4.83 Å². The lowest BCUT2D eigenvalue weighted by Gasteiger charge is -2.14. The van der Waals surface area contributed by atoms with Gasteiger partial charge in [-0.1, -0.05) is 37.2 Å².